The number of sulfonamides is 1. The van der Waals surface area contributed by atoms with Crippen molar-refractivity contribution in [2.75, 3.05) is 4.31 Å². The predicted molar refractivity (Wildman–Crippen MR) is 114 cm³/mol. The third kappa shape index (κ3) is 4.77. The number of benzene rings is 2. The lowest BCUT2D eigenvalue weighted by Crippen LogP contribution is -2.32. The van der Waals surface area contributed by atoms with Crippen molar-refractivity contribution in [3.05, 3.63) is 84.5 Å². The van der Waals surface area contributed by atoms with Crippen LogP contribution in [-0.2, 0) is 19.6 Å². The van der Waals surface area contributed by atoms with E-state index < -0.39 is 10.0 Å². The van der Waals surface area contributed by atoms with E-state index in [4.69, 9.17) is 4.74 Å². The van der Waals surface area contributed by atoms with E-state index in [1.165, 1.54) is 6.08 Å². The zero-order chi connectivity index (χ0) is 21.2. The number of allylic oxidation sites excluding steroid dienone is 2. The number of rotatable bonds is 6. The molecule has 1 aliphatic rings. The summed E-state index contributed by atoms with van der Waals surface area (Å²) in [7, 11) is -3.97. The summed E-state index contributed by atoms with van der Waals surface area (Å²) >= 11 is 0. The number of anilines is 1. The molecule has 0 aliphatic heterocycles. The minimum absolute atomic E-state index is 0.0447. The standard InChI is InChI=1S/C23H25NO4S/c1-17-10-12-22(13-11-17)29(26,27)24(19-8-6-5-7-9-19)18(2)28-21-14-20(25)15-23(3,4)16-21/h5-14H,2,15-16H2,1,3-4H3. The number of hydrogen-bond acceptors (Lipinski definition) is 4. The van der Waals surface area contributed by atoms with Gasteiger partial charge < -0.3 is 4.74 Å². The van der Waals surface area contributed by atoms with Crippen LogP contribution in [0.25, 0.3) is 0 Å². The molecule has 152 valence electrons. The average Bonchev–Trinajstić information content (AvgIpc) is 2.61. The molecule has 0 bridgehead atoms. The molecule has 0 heterocycles. The number of ether oxygens (including phenoxy) is 1. The fourth-order valence-electron chi connectivity index (χ4n) is 3.34. The molecule has 0 aromatic heterocycles. The predicted octanol–water partition coefficient (Wildman–Crippen LogP) is 4.95. The molecule has 0 N–H and O–H groups in total. The molecule has 0 unspecified atom stereocenters. The zero-order valence-electron chi connectivity index (χ0n) is 16.9. The van der Waals surface area contributed by atoms with Crippen molar-refractivity contribution >= 4 is 21.5 Å². The first-order valence-electron chi connectivity index (χ1n) is 9.36. The summed E-state index contributed by atoms with van der Waals surface area (Å²) in [6.45, 7) is 9.72. The lowest BCUT2D eigenvalue weighted by Gasteiger charge is -2.31. The van der Waals surface area contributed by atoms with Gasteiger partial charge in [-0.15, -0.1) is 0 Å². The lowest BCUT2D eigenvalue weighted by molar-refractivity contribution is -0.117. The summed E-state index contributed by atoms with van der Waals surface area (Å²) < 4.78 is 33.7. The van der Waals surface area contributed by atoms with Crippen molar-refractivity contribution in [3.8, 4) is 0 Å². The maximum atomic E-state index is 13.4. The summed E-state index contributed by atoms with van der Waals surface area (Å²) in [6.07, 6.45) is 2.37. The molecule has 0 saturated carbocycles. The van der Waals surface area contributed by atoms with Gasteiger partial charge in [-0.1, -0.05) is 49.7 Å². The van der Waals surface area contributed by atoms with Crippen LogP contribution in [0.2, 0.25) is 0 Å². The molecule has 3 rings (SSSR count). The Morgan fingerprint density at radius 3 is 2.24 bits per heavy atom. The molecule has 1 aliphatic carbocycles. The van der Waals surface area contributed by atoms with Crippen molar-refractivity contribution in [1.29, 1.82) is 0 Å². The van der Waals surface area contributed by atoms with E-state index in [0.29, 0.717) is 24.3 Å². The topological polar surface area (TPSA) is 63.7 Å². The molecule has 0 atom stereocenters. The molecule has 6 heteroatoms. The number of para-hydroxylation sites is 1. The van der Waals surface area contributed by atoms with Crippen LogP contribution in [0, 0.1) is 12.3 Å². The second kappa shape index (κ2) is 7.87. The number of ketones is 1. The highest BCUT2D eigenvalue weighted by Crippen LogP contribution is 2.36. The largest absolute Gasteiger partial charge is 0.445 e. The lowest BCUT2D eigenvalue weighted by atomic mass is 9.79. The van der Waals surface area contributed by atoms with Crippen LogP contribution < -0.4 is 4.31 Å². The normalized spacial score (nSPS) is 16.1. The fourth-order valence-corrected chi connectivity index (χ4v) is 4.74. The van der Waals surface area contributed by atoms with Gasteiger partial charge in [0.05, 0.1) is 10.6 Å². The van der Waals surface area contributed by atoms with E-state index in [2.05, 4.69) is 6.58 Å². The van der Waals surface area contributed by atoms with E-state index >= 15 is 0 Å². The summed E-state index contributed by atoms with van der Waals surface area (Å²) in [5.74, 6) is 0.293. The Morgan fingerprint density at radius 1 is 1.03 bits per heavy atom. The number of carbonyl (C=O) groups is 1. The first kappa shape index (κ1) is 20.9. The molecule has 29 heavy (non-hydrogen) atoms. The van der Waals surface area contributed by atoms with Crippen molar-refractivity contribution in [2.45, 2.75) is 38.5 Å². The number of nitrogens with zero attached hydrogens (tertiary/aromatic N) is 1. The number of aryl methyl sites for hydroxylation is 1. The Morgan fingerprint density at radius 2 is 1.66 bits per heavy atom. The Bertz CT molecular complexity index is 1050. The van der Waals surface area contributed by atoms with Crippen LogP contribution in [0.1, 0.15) is 32.3 Å². The Labute approximate surface area is 172 Å². The molecular weight excluding hydrogens is 386 g/mol. The number of carbonyl (C=O) groups excluding carboxylic acids is 1. The average molecular weight is 412 g/mol. The zero-order valence-corrected chi connectivity index (χ0v) is 17.7. The minimum atomic E-state index is -3.97. The summed E-state index contributed by atoms with van der Waals surface area (Å²) in [5, 5.41) is 0. The van der Waals surface area contributed by atoms with Gasteiger partial charge in [0.25, 0.3) is 10.0 Å². The van der Waals surface area contributed by atoms with E-state index in [9.17, 15) is 13.2 Å². The molecule has 0 spiro atoms. The molecule has 0 radical (unpaired) electrons. The van der Waals surface area contributed by atoms with E-state index in [1.807, 2.05) is 20.8 Å². The Balaban J connectivity index is 1.99. The van der Waals surface area contributed by atoms with Crippen molar-refractivity contribution in [3.63, 3.8) is 0 Å². The van der Waals surface area contributed by atoms with Crippen LogP contribution in [0.5, 0.6) is 0 Å². The third-order valence-electron chi connectivity index (χ3n) is 4.65. The van der Waals surface area contributed by atoms with Crippen LogP contribution in [-0.4, -0.2) is 14.2 Å². The Kier molecular flexibility index (Phi) is 5.66. The van der Waals surface area contributed by atoms with Gasteiger partial charge in [-0.05, 0) is 43.2 Å². The fraction of sp³-hybridized carbons (Fsp3) is 0.261. The highest BCUT2D eigenvalue weighted by Gasteiger charge is 2.32. The molecule has 0 fully saturated rings. The first-order valence-corrected chi connectivity index (χ1v) is 10.8. The molecule has 2 aromatic carbocycles. The van der Waals surface area contributed by atoms with Crippen molar-refractivity contribution in [2.24, 2.45) is 5.41 Å². The Hall–Kier alpha value is -2.86. The molecule has 2 aromatic rings. The highest BCUT2D eigenvalue weighted by molar-refractivity contribution is 7.93. The maximum Gasteiger partial charge on any atom is 0.271 e. The monoisotopic (exact) mass is 411 g/mol. The van der Waals surface area contributed by atoms with Gasteiger partial charge in [0, 0.05) is 18.9 Å². The quantitative estimate of drug-likeness (QED) is 0.631. The van der Waals surface area contributed by atoms with E-state index in [0.717, 1.165) is 9.87 Å². The van der Waals surface area contributed by atoms with Crippen LogP contribution in [0.4, 0.5) is 5.69 Å². The van der Waals surface area contributed by atoms with Gasteiger partial charge in [-0.25, -0.2) is 12.7 Å². The number of hydrogen-bond donors (Lipinski definition) is 0. The van der Waals surface area contributed by atoms with Gasteiger partial charge >= 0.3 is 0 Å². The van der Waals surface area contributed by atoms with Gasteiger partial charge in [-0.3, -0.25) is 4.79 Å². The SMILES string of the molecule is C=C(OC1=CC(=O)CC(C)(C)C1)N(c1ccccc1)S(=O)(=O)c1ccc(C)cc1. The van der Waals surface area contributed by atoms with Gasteiger partial charge in [0.1, 0.15) is 5.76 Å². The minimum Gasteiger partial charge on any atom is -0.445 e. The summed E-state index contributed by atoms with van der Waals surface area (Å²) in [4.78, 5) is 12.2. The summed E-state index contributed by atoms with van der Waals surface area (Å²) in [6, 6.07) is 15.2. The maximum absolute atomic E-state index is 13.4. The smallest absolute Gasteiger partial charge is 0.271 e. The van der Waals surface area contributed by atoms with Crippen LogP contribution >= 0.6 is 0 Å². The molecule has 0 amide bonds. The van der Waals surface area contributed by atoms with Gasteiger partial charge in [0.2, 0.25) is 5.88 Å². The van der Waals surface area contributed by atoms with Crippen molar-refractivity contribution < 1.29 is 17.9 Å². The van der Waals surface area contributed by atoms with Crippen LogP contribution in [0.3, 0.4) is 0 Å². The second-order valence-electron chi connectivity index (χ2n) is 8.01. The first-order chi connectivity index (χ1) is 13.6. The highest BCUT2D eigenvalue weighted by atomic mass is 32.2. The molecule has 5 nitrogen and oxygen atoms in total. The van der Waals surface area contributed by atoms with Crippen LogP contribution in [0.15, 0.2) is 83.8 Å². The van der Waals surface area contributed by atoms with E-state index in [-0.39, 0.29) is 22.0 Å². The molecule has 0 saturated heterocycles. The summed E-state index contributed by atoms with van der Waals surface area (Å²) in [5.41, 5.74) is 1.10. The second-order valence-corrected chi connectivity index (χ2v) is 9.80. The molecular formula is C23H25NO4S. The third-order valence-corrected chi connectivity index (χ3v) is 6.42. The van der Waals surface area contributed by atoms with E-state index in [1.54, 1.807) is 54.6 Å². The van der Waals surface area contributed by atoms with Crippen molar-refractivity contribution in [1.82, 2.24) is 0 Å². The van der Waals surface area contributed by atoms with Gasteiger partial charge in [-0.2, -0.15) is 0 Å². The van der Waals surface area contributed by atoms with Gasteiger partial charge in [0.15, 0.2) is 5.78 Å².